The van der Waals surface area contributed by atoms with Crippen molar-refractivity contribution >= 4 is 39.9 Å². The molecule has 1 aromatic heterocycles. The van der Waals surface area contributed by atoms with Crippen LogP contribution >= 0.6 is 12.6 Å². The van der Waals surface area contributed by atoms with E-state index >= 15 is 0 Å². The summed E-state index contributed by atoms with van der Waals surface area (Å²) in [6.07, 6.45) is 0. The quantitative estimate of drug-likeness (QED) is 0.158. The smallest absolute Gasteiger partial charge is 0.402 e. The van der Waals surface area contributed by atoms with Crippen LogP contribution in [0, 0.1) is 4.91 Å². The molecule has 2 N–H and O–H groups in total. The maximum Gasteiger partial charge on any atom is 0.402 e. The van der Waals surface area contributed by atoms with Crippen LogP contribution in [0.25, 0.3) is 22.1 Å². The average molecular weight is 333 g/mol. The molecule has 0 unspecified atom stereocenters. The van der Waals surface area contributed by atoms with Crippen LogP contribution in [0.5, 0.6) is 11.5 Å². The van der Waals surface area contributed by atoms with Gasteiger partial charge in [-0.05, 0) is 30.8 Å². The van der Waals surface area contributed by atoms with E-state index in [2.05, 4.69) is 12.6 Å². The van der Waals surface area contributed by atoms with E-state index in [1.807, 2.05) is 0 Å². The van der Waals surface area contributed by atoms with Gasteiger partial charge in [0.1, 0.15) is 14.1 Å². The first-order valence-electron chi connectivity index (χ1n) is 6.74. The minimum atomic E-state index is -0.219. The van der Waals surface area contributed by atoms with Gasteiger partial charge >= 0.3 is 10.7 Å². The standard InChI is InChI=1S/C15H13N3O4S/c1-16(2)15(23)22-12-8-4-6-10-14(12)18(21)9-5-3-7-11(19)13(9)17(10)20/h3-8,21H,1-2H3/p+2. The summed E-state index contributed by atoms with van der Waals surface area (Å²) >= 11 is 4.22. The van der Waals surface area contributed by atoms with Crippen LogP contribution in [-0.4, -0.2) is 38.9 Å². The molecule has 3 rings (SSSR count). The number of rotatable bonds is 1. The van der Waals surface area contributed by atoms with Crippen molar-refractivity contribution in [3.05, 3.63) is 41.3 Å². The summed E-state index contributed by atoms with van der Waals surface area (Å²) in [5.41, 5.74) is 0.462. The van der Waals surface area contributed by atoms with Crippen molar-refractivity contribution in [1.82, 2.24) is 4.73 Å². The molecular formula is C15H15N3O4S+2. The second-order valence-electron chi connectivity index (χ2n) is 5.15. The highest BCUT2D eigenvalue weighted by atomic mass is 32.1. The number of aromatic nitrogens is 2. The molecule has 0 aliphatic rings. The number of phenolic OH excluding ortho intramolecular Hbond substituents is 1. The highest BCUT2D eigenvalue weighted by molar-refractivity contribution is 7.96. The highest BCUT2D eigenvalue weighted by Gasteiger charge is 2.25. The van der Waals surface area contributed by atoms with Gasteiger partial charge in [0.15, 0.2) is 22.5 Å². The zero-order chi connectivity index (χ0) is 16.7. The number of hydrogen-bond donors (Lipinski definition) is 3. The first-order valence-corrected chi connectivity index (χ1v) is 7.19. The van der Waals surface area contributed by atoms with E-state index in [0.717, 1.165) is 4.73 Å². The molecule has 7 nitrogen and oxygen atoms in total. The first-order chi connectivity index (χ1) is 10.9. The van der Waals surface area contributed by atoms with Crippen molar-refractivity contribution in [2.45, 2.75) is 0 Å². The summed E-state index contributed by atoms with van der Waals surface area (Å²) in [6, 6.07) is 9.21. The molecule has 0 saturated heterocycles. The molecule has 0 fully saturated rings. The summed E-state index contributed by atoms with van der Waals surface area (Å²) in [5, 5.41) is 20.7. The summed E-state index contributed by atoms with van der Waals surface area (Å²) < 4.78 is 8.64. The third-order valence-corrected chi connectivity index (χ3v) is 3.91. The van der Waals surface area contributed by atoms with Crippen LogP contribution < -0.4 is 9.16 Å². The molecule has 0 aliphatic heterocycles. The Morgan fingerprint density at radius 1 is 1.26 bits per heavy atom. The molecule has 0 atom stereocenters. The Morgan fingerprint density at radius 2 is 1.96 bits per heavy atom. The van der Waals surface area contributed by atoms with Gasteiger partial charge in [0.25, 0.3) is 5.52 Å². The Balaban J connectivity index is 2.46. The lowest BCUT2D eigenvalue weighted by Crippen LogP contribution is -2.21. The van der Waals surface area contributed by atoms with Gasteiger partial charge in [0, 0.05) is 11.0 Å². The number of para-hydroxylation sites is 2. The van der Waals surface area contributed by atoms with Crippen molar-refractivity contribution in [1.29, 1.82) is 0 Å². The van der Waals surface area contributed by atoms with Crippen LogP contribution in [0.2, 0.25) is 0 Å². The Labute approximate surface area is 136 Å². The van der Waals surface area contributed by atoms with Gasteiger partial charge in [0.2, 0.25) is 0 Å². The van der Waals surface area contributed by atoms with E-state index in [4.69, 9.17) is 4.74 Å². The minimum absolute atomic E-state index is 0.0256. The van der Waals surface area contributed by atoms with Gasteiger partial charge in [-0.15, -0.1) is 0 Å². The molecule has 1 heterocycles. The number of benzene rings is 2. The van der Waals surface area contributed by atoms with Gasteiger partial charge in [-0.2, -0.15) is 9.31 Å². The molecule has 0 radical (unpaired) electrons. The molecule has 8 heteroatoms. The van der Waals surface area contributed by atoms with Gasteiger partial charge in [0.05, 0.1) is 4.43 Å². The van der Waals surface area contributed by atoms with Crippen molar-refractivity contribution in [3.63, 3.8) is 0 Å². The predicted octanol–water partition coefficient (Wildman–Crippen LogP) is 1.59. The zero-order valence-electron chi connectivity index (χ0n) is 12.5. The summed E-state index contributed by atoms with van der Waals surface area (Å²) in [7, 11) is 3.50. The monoisotopic (exact) mass is 333 g/mol. The molecular weight excluding hydrogens is 318 g/mol. The fraction of sp³-hybridized carbons (Fsp3) is 0.133. The number of hydrogen-bond acceptors (Lipinski definition) is 4. The van der Waals surface area contributed by atoms with Crippen LogP contribution in [0.4, 0.5) is 0 Å². The summed E-state index contributed by atoms with van der Waals surface area (Å²) in [4.78, 5) is 12.6. The lowest BCUT2D eigenvalue weighted by molar-refractivity contribution is -0.468. The SMILES string of the molecule is C[N+](C)=C(S)Oc1cccc2c1n(O)c1cccc(O)c1[n+]2=O. The number of aromatic hydroxyl groups is 1. The van der Waals surface area contributed by atoms with Crippen LogP contribution in [0.3, 0.4) is 0 Å². The number of thiol groups is 1. The number of phenols is 1. The fourth-order valence-corrected chi connectivity index (χ4v) is 2.40. The van der Waals surface area contributed by atoms with Crippen molar-refractivity contribution in [3.8, 4) is 11.5 Å². The minimum Gasteiger partial charge on any atom is -0.502 e. The Kier molecular flexibility index (Phi) is 3.61. The lowest BCUT2D eigenvalue weighted by atomic mass is 10.2. The summed E-state index contributed by atoms with van der Waals surface area (Å²) in [5.74, 6) is 0.0433. The number of fused-ring (bicyclic) bond motifs is 2. The Morgan fingerprint density at radius 3 is 2.65 bits per heavy atom. The van der Waals surface area contributed by atoms with Gasteiger partial charge < -0.3 is 15.1 Å². The van der Waals surface area contributed by atoms with E-state index in [1.165, 1.54) is 24.3 Å². The van der Waals surface area contributed by atoms with Crippen molar-refractivity contribution < 1.29 is 24.1 Å². The molecule has 0 amide bonds. The highest BCUT2D eigenvalue weighted by Crippen LogP contribution is 2.28. The molecule has 23 heavy (non-hydrogen) atoms. The third kappa shape index (κ3) is 2.36. The maximum atomic E-state index is 12.6. The topological polar surface area (TPSA) is 80.6 Å². The van der Waals surface area contributed by atoms with E-state index in [1.54, 1.807) is 30.8 Å². The second kappa shape index (κ2) is 5.47. The van der Waals surface area contributed by atoms with Crippen molar-refractivity contribution in [2.75, 3.05) is 14.1 Å². The average Bonchev–Trinajstić information content (AvgIpc) is 2.52. The van der Waals surface area contributed by atoms with E-state index in [0.29, 0.717) is 9.66 Å². The lowest BCUT2D eigenvalue weighted by Gasteiger charge is -2.08. The van der Waals surface area contributed by atoms with Crippen molar-refractivity contribution in [2.24, 2.45) is 0 Å². The van der Waals surface area contributed by atoms with E-state index < -0.39 is 0 Å². The molecule has 0 spiro atoms. The zero-order valence-corrected chi connectivity index (χ0v) is 13.4. The molecule has 118 valence electrons. The van der Waals surface area contributed by atoms with Gasteiger partial charge in [-0.3, -0.25) is 0 Å². The molecule has 3 aromatic rings. The maximum absolute atomic E-state index is 12.6. The van der Waals surface area contributed by atoms with Crippen LogP contribution in [0.1, 0.15) is 0 Å². The van der Waals surface area contributed by atoms with E-state index in [-0.39, 0.29) is 33.6 Å². The molecule has 0 saturated carbocycles. The van der Waals surface area contributed by atoms with Crippen LogP contribution in [0.15, 0.2) is 36.4 Å². The molecule has 2 aromatic carbocycles. The first kappa shape index (κ1) is 15.2. The van der Waals surface area contributed by atoms with Gasteiger partial charge in [-0.25, -0.2) is 0 Å². The molecule has 0 aliphatic carbocycles. The molecule has 0 bridgehead atoms. The number of ether oxygens (including phenoxy) is 1. The third-order valence-electron chi connectivity index (χ3n) is 3.42. The largest absolute Gasteiger partial charge is 0.502 e. The Hall–Kier alpha value is -2.74. The summed E-state index contributed by atoms with van der Waals surface area (Å²) in [6.45, 7) is 0. The van der Waals surface area contributed by atoms with E-state index in [9.17, 15) is 15.2 Å². The van der Waals surface area contributed by atoms with Gasteiger partial charge in [-0.1, -0.05) is 12.1 Å². The van der Waals surface area contributed by atoms with Crippen LogP contribution in [-0.2, 0) is 0 Å². The normalized spacial score (nSPS) is 10.9. The Bertz CT molecular complexity index is 1020. The fourth-order valence-electron chi connectivity index (χ4n) is 2.30. The predicted molar refractivity (Wildman–Crippen MR) is 88.4 cm³/mol. The second-order valence-corrected chi connectivity index (χ2v) is 5.54. The number of nitrogens with zero attached hydrogens (tertiary/aromatic N) is 3.